The Labute approximate surface area is 203 Å². The van der Waals surface area contributed by atoms with Crippen LogP contribution in [0, 0.1) is 28.8 Å². The van der Waals surface area contributed by atoms with E-state index in [9.17, 15) is 36.4 Å². The summed E-state index contributed by atoms with van der Waals surface area (Å²) in [7, 11) is 0. The van der Waals surface area contributed by atoms with Gasteiger partial charge in [-0.2, -0.15) is 28.4 Å². The van der Waals surface area contributed by atoms with E-state index >= 15 is 0 Å². The number of hydrogen-bond acceptors (Lipinski definition) is 8. The number of anilines is 3. The number of alkyl halides is 3. The first kappa shape index (κ1) is 25.2. The van der Waals surface area contributed by atoms with Gasteiger partial charge in [0.1, 0.15) is 46.1 Å². The molecule has 15 heteroatoms. The summed E-state index contributed by atoms with van der Waals surface area (Å²) in [5, 5.41) is 11.1. The highest BCUT2D eigenvalue weighted by molar-refractivity contribution is 5.79. The van der Waals surface area contributed by atoms with Crippen LogP contribution < -0.4 is 22.3 Å². The SMILES string of the molecule is N#Cc1c(N)nc(N)nc1NC(CC(F)(F)F)c1nc2cccc(F)c2c(=O)n1-c1cc(F)cc(F)c1. The van der Waals surface area contributed by atoms with E-state index in [1.807, 2.05) is 0 Å². The normalized spacial score (nSPS) is 12.4. The second-order valence-electron chi connectivity index (χ2n) is 7.69. The summed E-state index contributed by atoms with van der Waals surface area (Å²) in [4.78, 5) is 24.7. The first-order chi connectivity index (χ1) is 17.4. The number of benzene rings is 2. The minimum atomic E-state index is -4.90. The highest BCUT2D eigenvalue weighted by atomic mass is 19.4. The van der Waals surface area contributed by atoms with Gasteiger partial charge in [-0.15, -0.1) is 0 Å². The maximum absolute atomic E-state index is 14.6. The predicted molar refractivity (Wildman–Crippen MR) is 120 cm³/mol. The van der Waals surface area contributed by atoms with Crippen LogP contribution in [0.2, 0.25) is 0 Å². The quantitative estimate of drug-likeness (QED) is 0.337. The van der Waals surface area contributed by atoms with Crippen LogP contribution in [0.25, 0.3) is 16.6 Å². The smallest absolute Gasteiger partial charge is 0.382 e. The van der Waals surface area contributed by atoms with Gasteiger partial charge >= 0.3 is 6.18 Å². The first-order valence-corrected chi connectivity index (χ1v) is 10.2. The largest absolute Gasteiger partial charge is 0.391 e. The number of halogens is 6. The molecule has 0 aliphatic heterocycles. The third kappa shape index (κ3) is 5.08. The Hall–Kier alpha value is -4.87. The lowest BCUT2D eigenvalue weighted by molar-refractivity contribution is -0.137. The number of nitrogens with zero attached hydrogens (tertiary/aromatic N) is 5. The molecule has 0 aliphatic carbocycles. The molecule has 0 spiro atoms. The van der Waals surface area contributed by atoms with Crippen LogP contribution >= 0.6 is 0 Å². The molecule has 0 fully saturated rings. The zero-order valence-corrected chi connectivity index (χ0v) is 18.3. The average molecular weight is 520 g/mol. The van der Waals surface area contributed by atoms with E-state index in [1.54, 1.807) is 6.07 Å². The number of nitrogen functional groups attached to an aromatic ring is 2. The molecule has 9 nitrogen and oxygen atoms in total. The summed E-state index contributed by atoms with van der Waals surface area (Å²) in [5.41, 5.74) is 8.57. The van der Waals surface area contributed by atoms with Crippen molar-refractivity contribution in [2.24, 2.45) is 0 Å². The van der Waals surface area contributed by atoms with E-state index in [1.165, 1.54) is 12.1 Å². The maximum Gasteiger partial charge on any atom is 0.391 e. The summed E-state index contributed by atoms with van der Waals surface area (Å²) in [6, 6.07) is 4.68. The highest BCUT2D eigenvalue weighted by Gasteiger charge is 2.36. The number of nitriles is 1. The van der Waals surface area contributed by atoms with Crippen molar-refractivity contribution >= 4 is 28.5 Å². The summed E-state index contributed by atoms with van der Waals surface area (Å²) in [5.74, 6) is -5.55. The topological polar surface area (TPSA) is 149 Å². The standard InChI is InChI=1S/C22H14F6N8O/c23-9-4-10(24)6-11(5-9)36-19(33-14-3-1-2-13(25)16(14)20(36)37)15(7-22(26,27)28)32-18-12(8-29)17(30)34-21(31)35-18/h1-6,15H,7H2,(H5,30,31,32,34,35). The summed E-state index contributed by atoms with van der Waals surface area (Å²) >= 11 is 0. The fraction of sp³-hybridized carbons (Fsp3) is 0.136. The van der Waals surface area contributed by atoms with Gasteiger partial charge in [0.15, 0.2) is 5.82 Å². The Bertz CT molecular complexity index is 1610. The second-order valence-corrected chi connectivity index (χ2v) is 7.69. The molecule has 190 valence electrons. The second kappa shape index (κ2) is 9.30. The maximum atomic E-state index is 14.6. The molecule has 0 radical (unpaired) electrons. The molecule has 1 atom stereocenters. The fourth-order valence-electron chi connectivity index (χ4n) is 3.67. The summed E-state index contributed by atoms with van der Waals surface area (Å²) in [6.45, 7) is 0. The number of nitrogens with one attached hydrogen (secondary N) is 1. The third-order valence-electron chi connectivity index (χ3n) is 5.10. The van der Waals surface area contributed by atoms with E-state index in [-0.39, 0.29) is 5.52 Å². The first-order valence-electron chi connectivity index (χ1n) is 10.2. The summed E-state index contributed by atoms with van der Waals surface area (Å²) < 4.78 is 84.2. The predicted octanol–water partition coefficient (Wildman–Crippen LogP) is 3.73. The van der Waals surface area contributed by atoms with E-state index in [2.05, 4.69) is 20.3 Å². The summed E-state index contributed by atoms with van der Waals surface area (Å²) in [6.07, 6.45) is -6.62. The fourth-order valence-corrected chi connectivity index (χ4v) is 3.67. The number of fused-ring (bicyclic) bond motifs is 1. The van der Waals surface area contributed by atoms with Crippen molar-refractivity contribution in [2.75, 3.05) is 16.8 Å². The molecule has 2 aromatic heterocycles. The van der Waals surface area contributed by atoms with Gasteiger partial charge in [0, 0.05) is 6.07 Å². The number of hydrogen-bond donors (Lipinski definition) is 3. The van der Waals surface area contributed by atoms with Gasteiger partial charge in [-0.25, -0.2) is 18.2 Å². The van der Waals surface area contributed by atoms with Crippen molar-refractivity contribution in [1.29, 1.82) is 5.26 Å². The van der Waals surface area contributed by atoms with Crippen LogP contribution in [0.3, 0.4) is 0 Å². The van der Waals surface area contributed by atoms with Gasteiger partial charge in [-0.1, -0.05) is 6.07 Å². The van der Waals surface area contributed by atoms with E-state index in [4.69, 9.17) is 11.5 Å². The lowest BCUT2D eigenvalue weighted by Gasteiger charge is -2.24. The molecule has 0 amide bonds. The van der Waals surface area contributed by atoms with Gasteiger partial charge in [0.05, 0.1) is 23.7 Å². The zero-order chi connectivity index (χ0) is 27.1. The van der Waals surface area contributed by atoms with Gasteiger partial charge in [-0.05, 0) is 24.3 Å². The average Bonchev–Trinajstić information content (AvgIpc) is 2.76. The molecule has 0 aliphatic rings. The van der Waals surface area contributed by atoms with Crippen LogP contribution in [0.15, 0.2) is 41.2 Å². The van der Waals surface area contributed by atoms with E-state index < -0.39 is 81.7 Å². The van der Waals surface area contributed by atoms with Crippen LogP contribution in [-0.2, 0) is 0 Å². The van der Waals surface area contributed by atoms with Crippen molar-refractivity contribution in [1.82, 2.24) is 19.5 Å². The van der Waals surface area contributed by atoms with Crippen LogP contribution in [0.4, 0.5) is 43.9 Å². The molecule has 5 N–H and O–H groups in total. The molecule has 4 aromatic rings. The Balaban J connectivity index is 2.06. The van der Waals surface area contributed by atoms with Crippen molar-refractivity contribution in [2.45, 2.75) is 18.6 Å². The zero-order valence-electron chi connectivity index (χ0n) is 18.3. The molecular weight excluding hydrogens is 506 g/mol. The van der Waals surface area contributed by atoms with E-state index in [0.29, 0.717) is 22.8 Å². The lowest BCUT2D eigenvalue weighted by Crippen LogP contribution is -2.31. The van der Waals surface area contributed by atoms with Crippen molar-refractivity contribution in [3.8, 4) is 11.8 Å². The Kier molecular flexibility index (Phi) is 6.34. The van der Waals surface area contributed by atoms with Crippen molar-refractivity contribution in [3.05, 3.63) is 75.6 Å². The third-order valence-corrected chi connectivity index (χ3v) is 5.10. The monoisotopic (exact) mass is 520 g/mol. The lowest BCUT2D eigenvalue weighted by atomic mass is 10.1. The number of nitrogens with two attached hydrogens (primary N) is 2. The highest BCUT2D eigenvalue weighted by Crippen LogP contribution is 2.34. The Morgan fingerprint density at radius 3 is 2.35 bits per heavy atom. The molecule has 1 unspecified atom stereocenters. The molecule has 0 saturated heterocycles. The van der Waals surface area contributed by atoms with Gasteiger partial charge in [-0.3, -0.25) is 9.36 Å². The molecule has 0 bridgehead atoms. The molecule has 0 saturated carbocycles. The molecular formula is C22H14F6N8O. The van der Waals surface area contributed by atoms with Crippen LogP contribution in [0.5, 0.6) is 0 Å². The Morgan fingerprint density at radius 1 is 1.05 bits per heavy atom. The Morgan fingerprint density at radius 2 is 1.73 bits per heavy atom. The van der Waals surface area contributed by atoms with Gasteiger partial charge in [0.2, 0.25) is 5.95 Å². The van der Waals surface area contributed by atoms with Crippen molar-refractivity contribution in [3.63, 3.8) is 0 Å². The molecule has 2 heterocycles. The van der Waals surface area contributed by atoms with Crippen LogP contribution in [-0.4, -0.2) is 25.7 Å². The molecule has 4 rings (SSSR count). The van der Waals surface area contributed by atoms with E-state index in [0.717, 1.165) is 6.07 Å². The molecule has 2 aromatic carbocycles. The minimum absolute atomic E-state index is 0.329. The van der Waals surface area contributed by atoms with Crippen molar-refractivity contribution < 1.29 is 26.3 Å². The molecule has 37 heavy (non-hydrogen) atoms. The minimum Gasteiger partial charge on any atom is -0.382 e. The number of aromatic nitrogens is 4. The van der Waals surface area contributed by atoms with Crippen LogP contribution in [0.1, 0.15) is 23.9 Å². The number of rotatable bonds is 5. The van der Waals surface area contributed by atoms with Gasteiger partial charge in [0.25, 0.3) is 5.56 Å². The van der Waals surface area contributed by atoms with Gasteiger partial charge < -0.3 is 16.8 Å².